The summed E-state index contributed by atoms with van der Waals surface area (Å²) in [6.07, 6.45) is 0. The number of rotatable bonds is 4. The zero-order valence-electron chi connectivity index (χ0n) is 15.9. The molecule has 1 N–H and O–H groups in total. The van der Waals surface area contributed by atoms with Crippen LogP contribution in [0.5, 0.6) is 0 Å². The minimum absolute atomic E-state index is 0.303. The summed E-state index contributed by atoms with van der Waals surface area (Å²) in [5.41, 5.74) is 5.46. The third-order valence-electron chi connectivity index (χ3n) is 4.92. The van der Waals surface area contributed by atoms with E-state index in [2.05, 4.69) is 5.32 Å². The van der Waals surface area contributed by atoms with Gasteiger partial charge in [0.05, 0.1) is 11.3 Å². The Labute approximate surface area is 168 Å². The molecule has 5 heteroatoms. The van der Waals surface area contributed by atoms with Crippen LogP contribution in [0.4, 0.5) is 11.4 Å². The van der Waals surface area contributed by atoms with Crippen LogP contribution < -0.4 is 10.2 Å². The molecule has 0 spiro atoms. The van der Waals surface area contributed by atoms with Crippen molar-refractivity contribution in [1.82, 2.24) is 0 Å². The van der Waals surface area contributed by atoms with Crippen molar-refractivity contribution in [2.75, 3.05) is 10.2 Å². The number of amides is 2. The molecule has 0 bridgehead atoms. The zero-order valence-corrected chi connectivity index (χ0v) is 16.8. The molecule has 0 aliphatic carbocycles. The van der Waals surface area contributed by atoms with Gasteiger partial charge in [-0.25, -0.2) is 4.90 Å². The average molecular weight is 388 g/mol. The molecule has 2 aromatic carbocycles. The molecular formula is C23H20N2O2S. The third-order valence-corrected chi connectivity index (χ3v) is 5.81. The van der Waals surface area contributed by atoms with Crippen molar-refractivity contribution in [3.8, 4) is 0 Å². The number of hydrogen-bond donors (Lipinski definition) is 1. The maximum atomic E-state index is 13.3. The molecule has 3 aromatic rings. The minimum atomic E-state index is -0.338. The number of carbonyl (C=O) groups excluding carboxylic acids is 2. The molecule has 4 rings (SSSR count). The highest BCUT2D eigenvalue weighted by molar-refractivity contribution is 7.11. The fourth-order valence-electron chi connectivity index (χ4n) is 3.19. The Morgan fingerprint density at radius 2 is 1.61 bits per heavy atom. The number of benzene rings is 2. The number of anilines is 2. The number of hydrogen-bond acceptors (Lipinski definition) is 4. The highest BCUT2D eigenvalue weighted by Gasteiger charge is 2.40. The van der Waals surface area contributed by atoms with E-state index in [0.29, 0.717) is 17.0 Å². The number of carbonyl (C=O) groups is 2. The smallest absolute Gasteiger partial charge is 0.282 e. The Kier molecular flexibility index (Phi) is 4.61. The molecule has 28 heavy (non-hydrogen) atoms. The summed E-state index contributed by atoms with van der Waals surface area (Å²) in [6.45, 7) is 6.04. The Balaban J connectivity index is 1.79. The quantitative estimate of drug-likeness (QED) is 0.635. The molecule has 4 nitrogen and oxygen atoms in total. The predicted molar refractivity (Wildman–Crippen MR) is 114 cm³/mol. The second-order valence-electron chi connectivity index (χ2n) is 6.93. The molecule has 0 unspecified atom stereocenters. The standard InChI is InChI=1S/C23H20N2O2S/c1-14-6-10-18(11-7-14)25-22(26)20(19-5-4-12-28-19)21(23(25)27)24-17-9-8-15(2)16(3)13-17/h4-13,24H,1-3H3. The van der Waals surface area contributed by atoms with Gasteiger partial charge in [-0.3, -0.25) is 9.59 Å². The second kappa shape index (κ2) is 7.09. The van der Waals surface area contributed by atoms with Gasteiger partial charge in [0.15, 0.2) is 0 Å². The van der Waals surface area contributed by atoms with Crippen molar-refractivity contribution in [3.05, 3.63) is 87.2 Å². The zero-order chi connectivity index (χ0) is 19.8. The van der Waals surface area contributed by atoms with E-state index in [1.165, 1.54) is 21.8 Å². The first kappa shape index (κ1) is 18.2. The molecule has 2 amide bonds. The summed E-state index contributed by atoms with van der Waals surface area (Å²) in [4.78, 5) is 28.5. The highest BCUT2D eigenvalue weighted by atomic mass is 32.1. The average Bonchev–Trinajstić information content (AvgIpc) is 3.27. The van der Waals surface area contributed by atoms with Gasteiger partial charge < -0.3 is 5.32 Å². The van der Waals surface area contributed by atoms with Gasteiger partial charge in [0, 0.05) is 10.6 Å². The maximum Gasteiger partial charge on any atom is 0.282 e. The number of thiophene rings is 1. The van der Waals surface area contributed by atoms with E-state index in [0.717, 1.165) is 21.7 Å². The van der Waals surface area contributed by atoms with Crippen LogP contribution in [-0.4, -0.2) is 11.8 Å². The fraction of sp³-hybridized carbons (Fsp3) is 0.130. The number of imide groups is 1. The van der Waals surface area contributed by atoms with E-state index in [9.17, 15) is 9.59 Å². The lowest BCUT2D eigenvalue weighted by Gasteiger charge is -2.15. The maximum absolute atomic E-state index is 13.3. The highest BCUT2D eigenvalue weighted by Crippen LogP contribution is 2.35. The van der Waals surface area contributed by atoms with Gasteiger partial charge in [0.1, 0.15) is 5.70 Å². The summed E-state index contributed by atoms with van der Waals surface area (Å²) in [7, 11) is 0. The summed E-state index contributed by atoms with van der Waals surface area (Å²) in [6, 6.07) is 17.1. The number of aryl methyl sites for hydroxylation is 3. The van der Waals surface area contributed by atoms with E-state index >= 15 is 0 Å². The first-order chi connectivity index (χ1) is 13.5. The van der Waals surface area contributed by atoms with Crippen LogP contribution in [-0.2, 0) is 9.59 Å². The SMILES string of the molecule is Cc1ccc(N2C(=O)C(Nc3ccc(C)c(C)c3)=C(c3cccs3)C2=O)cc1. The molecule has 1 aliphatic rings. The van der Waals surface area contributed by atoms with E-state index in [1.54, 1.807) is 12.1 Å². The Bertz CT molecular complexity index is 1100. The van der Waals surface area contributed by atoms with Crippen molar-refractivity contribution in [3.63, 3.8) is 0 Å². The van der Waals surface area contributed by atoms with Crippen LogP contribution in [0.15, 0.2) is 65.7 Å². The molecule has 0 saturated carbocycles. The van der Waals surface area contributed by atoms with Gasteiger partial charge in [0.2, 0.25) is 0 Å². The van der Waals surface area contributed by atoms with E-state index < -0.39 is 0 Å². The molecule has 140 valence electrons. The summed E-state index contributed by atoms with van der Waals surface area (Å²) in [5.74, 6) is -0.641. The number of nitrogens with one attached hydrogen (secondary N) is 1. The Hall–Kier alpha value is -3.18. The van der Waals surface area contributed by atoms with Gasteiger partial charge in [-0.1, -0.05) is 29.8 Å². The lowest BCUT2D eigenvalue weighted by molar-refractivity contribution is -0.120. The molecular weight excluding hydrogens is 368 g/mol. The first-order valence-corrected chi connectivity index (χ1v) is 9.91. The van der Waals surface area contributed by atoms with Crippen molar-refractivity contribution < 1.29 is 9.59 Å². The van der Waals surface area contributed by atoms with Crippen LogP contribution in [0.2, 0.25) is 0 Å². The number of nitrogens with zero attached hydrogens (tertiary/aromatic N) is 1. The molecule has 0 radical (unpaired) electrons. The van der Waals surface area contributed by atoms with Gasteiger partial charge in [-0.15, -0.1) is 11.3 Å². The van der Waals surface area contributed by atoms with Crippen molar-refractivity contribution in [2.24, 2.45) is 0 Å². The molecule has 1 aliphatic heterocycles. The van der Waals surface area contributed by atoms with Gasteiger partial charge in [-0.05, 0) is 67.6 Å². The predicted octanol–water partition coefficient (Wildman–Crippen LogP) is 5.07. The van der Waals surface area contributed by atoms with Gasteiger partial charge >= 0.3 is 0 Å². The minimum Gasteiger partial charge on any atom is -0.350 e. The Morgan fingerprint density at radius 1 is 0.857 bits per heavy atom. The second-order valence-corrected chi connectivity index (χ2v) is 7.88. The van der Waals surface area contributed by atoms with E-state index in [1.807, 2.05) is 68.6 Å². The van der Waals surface area contributed by atoms with Crippen LogP contribution in [0, 0.1) is 20.8 Å². The molecule has 1 aromatic heterocycles. The Morgan fingerprint density at radius 3 is 2.25 bits per heavy atom. The molecule has 2 heterocycles. The van der Waals surface area contributed by atoms with Crippen molar-refractivity contribution in [1.29, 1.82) is 0 Å². The fourth-order valence-corrected chi connectivity index (χ4v) is 3.96. The molecule has 0 saturated heterocycles. The summed E-state index contributed by atoms with van der Waals surface area (Å²) >= 11 is 1.45. The normalized spacial score (nSPS) is 14.2. The molecule has 0 atom stereocenters. The van der Waals surface area contributed by atoms with Crippen LogP contribution >= 0.6 is 11.3 Å². The third kappa shape index (κ3) is 3.14. The van der Waals surface area contributed by atoms with Gasteiger partial charge in [0.25, 0.3) is 11.8 Å². The van der Waals surface area contributed by atoms with E-state index in [4.69, 9.17) is 0 Å². The lowest BCUT2D eigenvalue weighted by atomic mass is 10.1. The van der Waals surface area contributed by atoms with E-state index in [-0.39, 0.29) is 11.8 Å². The summed E-state index contributed by atoms with van der Waals surface area (Å²) < 4.78 is 0. The lowest BCUT2D eigenvalue weighted by Crippen LogP contribution is -2.32. The monoisotopic (exact) mass is 388 g/mol. The van der Waals surface area contributed by atoms with Crippen molar-refractivity contribution in [2.45, 2.75) is 20.8 Å². The van der Waals surface area contributed by atoms with Crippen LogP contribution in [0.1, 0.15) is 21.6 Å². The largest absolute Gasteiger partial charge is 0.350 e. The van der Waals surface area contributed by atoms with Gasteiger partial charge in [-0.2, -0.15) is 0 Å². The first-order valence-electron chi connectivity index (χ1n) is 9.03. The topological polar surface area (TPSA) is 49.4 Å². The summed E-state index contributed by atoms with van der Waals surface area (Å²) in [5, 5.41) is 5.12. The van der Waals surface area contributed by atoms with Crippen molar-refractivity contribution >= 4 is 40.1 Å². The molecule has 0 fully saturated rings. The van der Waals surface area contributed by atoms with Crippen LogP contribution in [0.3, 0.4) is 0 Å². The van der Waals surface area contributed by atoms with Crippen LogP contribution in [0.25, 0.3) is 5.57 Å².